The standard InChI is InChI=1S/C19H16F6O2/c1-7-9-4-3-5-10(26)19(9,2)6-8(18(7)27)12(20)11-13(21)15(23)17(25)16(24)14(11)22/h10,26H,3-6H2,1-2H3/t10-,19-/m0/s1. The van der Waals surface area contributed by atoms with Gasteiger partial charge in [0.05, 0.1) is 11.7 Å². The van der Waals surface area contributed by atoms with E-state index in [0.29, 0.717) is 24.8 Å². The fourth-order valence-corrected chi connectivity index (χ4v) is 4.05. The van der Waals surface area contributed by atoms with Crippen molar-refractivity contribution < 1.29 is 36.2 Å². The molecule has 0 aliphatic heterocycles. The topological polar surface area (TPSA) is 37.3 Å². The van der Waals surface area contributed by atoms with Gasteiger partial charge in [0.15, 0.2) is 29.1 Å². The molecule has 2 atom stereocenters. The second kappa shape index (κ2) is 6.51. The van der Waals surface area contributed by atoms with Gasteiger partial charge in [-0.25, -0.2) is 26.3 Å². The largest absolute Gasteiger partial charge is 0.392 e. The molecule has 0 bridgehead atoms. The zero-order valence-corrected chi connectivity index (χ0v) is 14.5. The first-order chi connectivity index (χ1) is 12.5. The Labute approximate surface area is 151 Å². The summed E-state index contributed by atoms with van der Waals surface area (Å²) in [6.07, 6.45) is 0.186. The molecule has 0 unspecified atom stereocenters. The molecule has 0 aromatic heterocycles. The van der Waals surface area contributed by atoms with Crippen LogP contribution in [0.15, 0.2) is 16.7 Å². The van der Waals surface area contributed by atoms with Gasteiger partial charge in [-0.2, -0.15) is 0 Å². The van der Waals surface area contributed by atoms with E-state index in [1.54, 1.807) is 6.92 Å². The van der Waals surface area contributed by atoms with Crippen LogP contribution < -0.4 is 0 Å². The summed E-state index contributed by atoms with van der Waals surface area (Å²) >= 11 is 0. The van der Waals surface area contributed by atoms with Crippen molar-refractivity contribution in [2.45, 2.75) is 45.6 Å². The van der Waals surface area contributed by atoms with Gasteiger partial charge in [-0.05, 0) is 38.2 Å². The number of aliphatic hydroxyl groups is 1. The van der Waals surface area contributed by atoms with Crippen LogP contribution in [0.2, 0.25) is 0 Å². The summed E-state index contributed by atoms with van der Waals surface area (Å²) in [5.74, 6) is -14.3. The molecule has 1 fully saturated rings. The Hall–Kier alpha value is -2.09. The number of halogens is 6. The third-order valence-corrected chi connectivity index (χ3v) is 5.63. The van der Waals surface area contributed by atoms with E-state index in [1.165, 1.54) is 6.92 Å². The van der Waals surface area contributed by atoms with Crippen LogP contribution in [0, 0.1) is 34.5 Å². The molecule has 0 radical (unpaired) electrons. The minimum absolute atomic E-state index is 0.122. The highest BCUT2D eigenvalue weighted by atomic mass is 19.2. The van der Waals surface area contributed by atoms with Crippen LogP contribution in [-0.2, 0) is 4.79 Å². The number of aliphatic hydroxyl groups excluding tert-OH is 1. The number of rotatable bonds is 1. The predicted molar refractivity (Wildman–Crippen MR) is 84.5 cm³/mol. The number of allylic oxidation sites excluding steroid dienone is 2. The lowest BCUT2D eigenvalue weighted by Crippen LogP contribution is -2.42. The van der Waals surface area contributed by atoms with E-state index in [0.717, 1.165) is 0 Å². The van der Waals surface area contributed by atoms with Gasteiger partial charge in [0, 0.05) is 11.0 Å². The fraction of sp³-hybridized carbons (Fsp3) is 0.421. The molecule has 27 heavy (non-hydrogen) atoms. The van der Waals surface area contributed by atoms with Gasteiger partial charge in [0.1, 0.15) is 5.83 Å². The van der Waals surface area contributed by atoms with Gasteiger partial charge < -0.3 is 5.11 Å². The Kier molecular flexibility index (Phi) is 4.74. The molecule has 0 heterocycles. The maximum absolute atomic E-state index is 14.9. The zero-order valence-electron chi connectivity index (χ0n) is 14.5. The molecule has 146 valence electrons. The average Bonchev–Trinajstić information content (AvgIpc) is 2.63. The molecule has 3 rings (SSSR count). The summed E-state index contributed by atoms with van der Waals surface area (Å²) in [4.78, 5) is 12.6. The van der Waals surface area contributed by atoms with Crippen molar-refractivity contribution in [1.29, 1.82) is 0 Å². The van der Waals surface area contributed by atoms with Crippen molar-refractivity contribution in [1.82, 2.24) is 0 Å². The number of fused-ring (bicyclic) bond motifs is 1. The van der Waals surface area contributed by atoms with Crippen LogP contribution in [-0.4, -0.2) is 17.0 Å². The number of hydrogen-bond acceptors (Lipinski definition) is 2. The van der Waals surface area contributed by atoms with Gasteiger partial charge in [0.25, 0.3) is 0 Å². The molecule has 8 heteroatoms. The predicted octanol–water partition coefficient (Wildman–Crippen LogP) is 4.90. The molecule has 1 aromatic rings. The van der Waals surface area contributed by atoms with Crippen LogP contribution in [0.1, 0.15) is 45.1 Å². The van der Waals surface area contributed by atoms with E-state index in [4.69, 9.17) is 0 Å². The second-order valence-corrected chi connectivity index (χ2v) is 7.17. The smallest absolute Gasteiger partial charge is 0.200 e. The molecule has 2 aliphatic rings. The summed E-state index contributed by atoms with van der Waals surface area (Å²) in [7, 11) is 0. The molecule has 2 aliphatic carbocycles. The molecule has 1 saturated carbocycles. The molecular formula is C19H16F6O2. The van der Waals surface area contributed by atoms with Gasteiger partial charge in [-0.3, -0.25) is 4.79 Å². The molecule has 1 aromatic carbocycles. The quantitative estimate of drug-likeness (QED) is 0.320. The van der Waals surface area contributed by atoms with Crippen LogP contribution >= 0.6 is 0 Å². The highest BCUT2D eigenvalue weighted by molar-refractivity contribution is 6.13. The van der Waals surface area contributed by atoms with Gasteiger partial charge in [-0.15, -0.1) is 0 Å². The Morgan fingerprint density at radius 2 is 1.56 bits per heavy atom. The number of Topliss-reactive ketones (excluding diaryl/α,β-unsaturated/α-hetero) is 1. The maximum atomic E-state index is 14.9. The normalized spacial score (nSPS) is 27.7. The second-order valence-electron chi connectivity index (χ2n) is 7.17. The van der Waals surface area contributed by atoms with Crippen LogP contribution in [0.3, 0.4) is 0 Å². The highest BCUT2D eigenvalue weighted by Crippen LogP contribution is 2.51. The summed E-state index contributed by atoms with van der Waals surface area (Å²) < 4.78 is 82.9. The van der Waals surface area contributed by atoms with Crippen LogP contribution in [0.4, 0.5) is 26.3 Å². The SMILES string of the molecule is CC1=C2CCC[C@H](O)[C@@]2(C)CC(=C(F)c2c(F)c(F)c(F)c(F)c2F)C1=O. The van der Waals surface area contributed by atoms with Crippen LogP contribution in [0.25, 0.3) is 5.83 Å². The van der Waals surface area contributed by atoms with Gasteiger partial charge in [-0.1, -0.05) is 12.5 Å². The highest BCUT2D eigenvalue weighted by Gasteiger charge is 2.47. The zero-order chi connectivity index (χ0) is 20.3. The van der Waals surface area contributed by atoms with Crippen molar-refractivity contribution in [3.8, 4) is 0 Å². The Bertz CT molecular complexity index is 888. The van der Waals surface area contributed by atoms with Gasteiger partial charge >= 0.3 is 0 Å². The molecule has 0 saturated heterocycles. The molecule has 0 amide bonds. The minimum atomic E-state index is -2.41. The average molecular weight is 390 g/mol. The lowest BCUT2D eigenvalue weighted by atomic mass is 9.61. The molecule has 0 spiro atoms. The Balaban J connectivity index is 2.26. The summed E-state index contributed by atoms with van der Waals surface area (Å²) in [5, 5.41) is 10.4. The number of carbonyl (C=O) groups excluding carboxylic acids is 1. The molecule has 2 nitrogen and oxygen atoms in total. The number of ketones is 1. The van der Waals surface area contributed by atoms with E-state index < -0.39 is 69.8 Å². The van der Waals surface area contributed by atoms with Crippen molar-refractivity contribution in [2.75, 3.05) is 0 Å². The molecular weight excluding hydrogens is 374 g/mol. The summed E-state index contributed by atoms with van der Waals surface area (Å²) in [5.41, 5.74) is -2.77. The van der Waals surface area contributed by atoms with Crippen LogP contribution in [0.5, 0.6) is 0 Å². The Morgan fingerprint density at radius 3 is 2.11 bits per heavy atom. The lowest BCUT2D eigenvalue weighted by molar-refractivity contribution is -0.113. The van der Waals surface area contributed by atoms with E-state index in [2.05, 4.69) is 0 Å². The number of carbonyl (C=O) groups is 1. The van der Waals surface area contributed by atoms with Crippen molar-refractivity contribution >= 4 is 11.6 Å². The third-order valence-electron chi connectivity index (χ3n) is 5.63. The van der Waals surface area contributed by atoms with E-state index in [9.17, 15) is 36.2 Å². The lowest BCUT2D eigenvalue weighted by Gasteiger charge is -2.45. The van der Waals surface area contributed by atoms with Crippen molar-refractivity contribution in [2.24, 2.45) is 5.41 Å². The Morgan fingerprint density at radius 1 is 1.04 bits per heavy atom. The maximum Gasteiger partial charge on any atom is 0.200 e. The van der Waals surface area contributed by atoms with Crippen molar-refractivity contribution in [3.05, 3.63) is 51.4 Å². The summed E-state index contributed by atoms with van der Waals surface area (Å²) in [6.45, 7) is 2.99. The minimum Gasteiger partial charge on any atom is -0.392 e. The summed E-state index contributed by atoms with van der Waals surface area (Å²) in [6, 6.07) is 0. The molecule has 1 N–H and O–H groups in total. The van der Waals surface area contributed by atoms with E-state index in [1.807, 2.05) is 0 Å². The van der Waals surface area contributed by atoms with E-state index in [-0.39, 0.29) is 5.57 Å². The number of hydrogen-bond donors (Lipinski definition) is 1. The monoisotopic (exact) mass is 390 g/mol. The first-order valence-corrected chi connectivity index (χ1v) is 8.35. The first kappa shape index (κ1) is 19.7. The third kappa shape index (κ3) is 2.72. The number of benzene rings is 1. The van der Waals surface area contributed by atoms with Crippen molar-refractivity contribution in [3.63, 3.8) is 0 Å². The first-order valence-electron chi connectivity index (χ1n) is 8.35. The van der Waals surface area contributed by atoms with E-state index >= 15 is 0 Å². The fourth-order valence-electron chi connectivity index (χ4n) is 4.05. The van der Waals surface area contributed by atoms with Gasteiger partial charge in [0.2, 0.25) is 5.82 Å².